The zero-order chi connectivity index (χ0) is 20.6. The van der Waals surface area contributed by atoms with Crippen LogP contribution in [0.2, 0.25) is 0 Å². The number of methoxy groups -OCH3 is 1. The van der Waals surface area contributed by atoms with Crippen molar-refractivity contribution in [3.05, 3.63) is 22.3 Å². The van der Waals surface area contributed by atoms with E-state index >= 15 is 0 Å². The van der Waals surface area contributed by atoms with Crippen LogP contribution in [-0.4, -0.2) is 18.9 Å². The molecule has 1 heterocycles. The highest BCUT2D eigenvalue weighted by molar-refractivity contribution is 5.73. The smallest absolute Gasteiger partial charge is 0.308 e. The van der Waals surface area contributed by atoms with Crippen LogP contribution >= 0.6 is 0 Å². The fraction of sp³-hybridized carbons (Fsp3) is 0.696. The summed E-state index contributed by atoms with van der Waals surface area (Å²) >= 11 is 0. The summed E-state index contributed by atoms with van der Waals surface area (Å²) in [5.74, 6) is 1.01. The molecule has 1 aliphatic heterocycles. The summed E-state index contributed by atoms with van der Waals surface area (Å²) in [6, 6.07) is 0. The molecular weight excluding hydrogens is 340 g/mol. The molecule has 0 saturated carbocycles. The third kappa shape index (κ3) is 4.31. The summed E-state index contributed by atoms with van der Waals surface area (Å²) in [5.41, 5.74) is 4.33. The summed E-state index contributed by atoms with van der Waals surface area (Å²) in [6.07, 6.45) is 3.49. The molecule has 1 aromatic carbocycles. The molecule has 1 unspecified atom stereocenters. The molecule has 4 heteroatoms. The van der Waals surface area contributed by atoms with Crippen LogP contribution in [0.25, 0.3) is 0 Å². The van der Waals surface area contributed by atoms with Crippen LogP contribution in [-0.2, 0) is 27.8 Å². The second kappa shape index (κ2) is 7.83. The second-order valence-electron chi connectivity index (χ2n) is 9.09. The molecule has 1 aromatic rings. The third-order valence-corrected chi connectivity index (χ3v) is 5.30. The van der Waals surface area contributed by atoms with Crippen LogP contribution in [0.5, 0.6) is 11.5 Å². The Hall–Kier alpha value is -1.55. The van der Waals surface area contributed by atoms with Gasteiger partial charge in [-0.2, -0.15) is 0 Å². The van der Waals surface area contributed by atoms with Crippen molar-refractivity contribution in [1.82, 2.24) is 0 Å². The highest BCUT2D eigenvalue weighted by Crippen LogP contribution is 2.50. The Balaban J connectivity index is 2.94. The van der Waals surface area contributed by atoms with Gasteiger partial charge in [0.1, 0.15) is 11.5 Å². The molecular formula is C23H36O4. The van der Waals surface area contributed by atoms with Crippen molar-refractivity contribution in [3.63, 3.8) is 0 Å². The Morgan fingerprint density at radius 2 is 1.93 bits per heavy atom. The molecule has 2 rings (SSSR count). The Morgan fingerprint density at radius 3 is 2.37 bits per heavy atom. The van der Waals surface area contributed by atoms with Crippen molar-refractivity contribution in [3.8, 4) is 11.5 Å². The van der Waals surface area contributed by atoms with Gasteiger partial charge in [0.2, 0.25) is 5.79 Å². The molecule has 0 saturated heterocycles. The van der Waals surface area contributed by atoms with Gasteiger partial charge in [-0.15, -0.1) is 0 Å². The molecule has 0 N–H and O–H groups in total. The van der Waals surface area contributed by atoms with E-state index in [2.05, 4.69) is 41.5 Å². The molecule has 1 aliphatic rings. The van der Waals surface area contributed by atoms with Crippen molar-refractivity contribution in [1.29, 1.82) is 0 Å². The lowest BCUT2D eigenvalue weighted by atomic mass is 9.76. The summed E-state index contributed by atoms with van der Waals surface area (Å²) in [7, 11) is 1.70. The van der Waals surface area contributed by atoms with Gasteiger partial charge >= 0.3 is 5.97 Å². The first-order valence-corrected chi connectivity index (χ1v) is 10.1. The number of hydrogen-bond donors (Lipinski definition) is 0. The minimum atomic E-state index is -0.623. The van der Waals surface area contributed by atoms with Gasteiger partial charge in [0, 0.05) is 49.6 Å². The van der Waals surface area contributed by atoms with Gasteiger partial charge in [0.05, 0.1) is 0 Å². The fourth-order valence-electron chi connectivity index (χ4n) is 4.10. The molecule has 0 aromatic heterocycles. The average Bonchev–Trinajstić information content (AvgIpc) is 2.53. The number of esters is 1. The summed E-state index contributed by atoms with van der Waals surface area (Å²) < 4.78 is 18.0. The fourth-order valence-corrected chi connectivity index (χ4v) is 4.10. The number of hydrogen-bond acceptors (Lipinski definition) is 4. The first kappa shape index (κ1) is 21.7. The van der Waals surface area contributed by atoms with E-state index in [-0.39, 0.29) is 17.3 Å². The average molecular weight is 377 g/mol. The highest BCUT2D eigenvalue weighted by atomic mass is 16.7. The number of benzene rings is 1. The molecule has 27 heavy (non-hydrogen) atoms. The van der Waals surface area contributed by atoms with Crippen LogP contribution in [0.1, 0.15) is 96.4 Å². The Labute approximate surface area is 164 Å². The zero-order valence-electron chi connectivity index (χ0n) is 18.5. The van der Waals surface area contributed by atoms with E-state index in [1.807, 2.05) is 6.92 Å². The van der Waals surface area contributed by atoms with Gasteiger partial charge in [-0.25, -0.2) is 0 Å². The number of fused-ring (bicyclic) bond motifs is 1. The Morgan fingerprint density at radius 1 is 1.30 bits per heavy atom. The van der Waals surface area contributed by atoms with Gasteiger partial charge in [-0.3, -0.25) is 4.79 Å². The second-order valence-corrected chi connectivity index (χ2v) is 9.09. The molecule has 0 fully saturated rings. The van der Waals surface area contributed by atoms with Gasteiger partial charge in [-0.1, -0.05) is 48.0 Å². The first-order chi connectivity index (χ1) is 12.4. The molecule has 1 atom stereocenters. The predicted octanol–water partition coefficient (Wildman–Crippen LogP) is 5.67. The maximum absolute atomic E-state index is 12.0. The Bertz CT molecular complexity index is 712. The molecule has 0 amide bonds. The van der Waals surface area contributed by atoms with Gasteiger partial charge < -0.3 is 14.2 Å². The molecule has 0 aliphatic carbocycles. The van der Waals surface area contributed by atoms with E-state index in [0.717, 1.165) is 53.9 Å². The maximum atomic E-state index is 12.0. The zero-order valence-corrected chi connectivity index (χ0v) is 18.5. The summed E-state index contributed by atoms with van der Waals surface area (Å²) in [4.78, 5) is 12.0. The number of carbonyl (C=O) groups is 1. The van der Waals surface area contributed by atoms with Crippen molar-refractivity contribution in [2.24, 2.45) is 0 Å². The van der Waals surface area contributed by atoms with Crippen LogP contribution in [0.3, 0.4) is 0 Å². The molecule has 4 nitrogen and oxygen atoms in total. The topological polar surface area (TPSA) is 44.8 Å². The van der Waals surface area contributed by atoms with Crippen molar-refractivity contribution < 1.29 is 19.0 Å². The predicted molar refractivity (Wildman–Crippen MR) is 109 cm³/mol. The van der Waals surface area contributed by atoms with E-state index < -0.39 is 5.79 Å². The van der Waals surface area contributed by atoms with E-state index in [9.17, 15) is 4.79 Å². The monoisotopic (exact) mass is 376 g/mol. The highest BCUT2D eigenvalue weighted by Gasteiger charge is 2.39. The van der Waals surface area contributed by atoms with Gasteiger partial charge in [0.15, 0.2) is 0 Å². The van der Waals surface area contributed by atoms with Crippen molar-refractivity contribution >= 4 is 5.97 Å². The van der Waals surface area contributed by atoms with E-state index in [0.29, 0.717) is 0 Å². The number of rotatable bonds is 5. The van der Waals surface area contributed by atoms with Crippen LogP contribution in [0.4, 0.5) is 0 Å². The van der Waals surface area contributed by atoms with Crippen molar-refractivity contribution in [2.75, 3.05) is 7.11 Å². The van der Waals surface area contributed by atoms with Crippen LogP contribution in [0, 0.1) is 0 Å². The summed E-state index contributed by atoms with van der Waals surface area (Å²) in [6.45, 7) is 16.5. The summed E-state index contributed by atoms with van der Waals surface area (Å²) in [5, 5.41) is 0. The minimum absolute atomic E-state index is 0.182. The van der Waals surface area contributed by atoms with Crippen LogP contribution < -0.4 is 9.47 Å². The lowest BCUT2D eigenvalue weighted by molar-refractivity contribution is -0.161. The lowest BCUT2D eigenvalue weighted by Gasteiger charge is -2.40. The molecule has 0 radical (unpaired) electrons. The van der Waals surface area contributed by atoms with E-state index in [1.165, 1.54) is 12.5 Å². The van der Waals surface area contributed by atoms with E-state index in [4.69, 9.17) is 14.2 Å². The van der Waals surface area contributed by atoms with Gasteiger partial charge in [0.25, 0.3) is 0 Å². The minimum Gasteiger partial charge on any atom is -0.462 e. The maximum Gasteiger partial charge on any atom is 0.308 e. The SMILES string of the molecule is CCCc1c2c(c(C(C)C)c(OC(C)=O)c1C(C)(C)C)CCC(C)(OC)O2. The third-order valence-electron chi connectivity index (χ3n) is 5.30. The van der Waals surface area contributed by atoms with Gasteiger partial charge in [-0.05, 0) is 24.2 Å². The Kier molecular flexibility index (Phi) is 6.30. The quantitative estimate of drug-likeness (QED) is 0.490. The molecule has 0 bridgehead atoms. The largest absolute Gasteiger partial charge is 0.462 e. The van der Waals surface area contributed by atoms with E-state index in [1.54, 1.807) is 7.11 Å². The molecule has 152 valence electrons. The van der Waals surface area contributed by atoms with Crippen LogP contribution in [0.15, 0.2) is 0 Å². The first-order valence-electron chi connectivity index (χ1n) is 10.1. The lowest BCUT2D eigenvalue weighted by Crippen LogP contribution is -2.39. The number of carbonyl (C=O) groups excluding carboxylic acids is 1. The number of ether oxygens (including phenoxy) is 3. The normalized spacial score (nSPS) is 19.6. The standard InChI is InChI=1S/C23H36O4/c1-10-11-17-19(22(5,6)7)21(26-15(4)24)18(14(2)3)16-12-13-23(8,25-9)27-20(16)17/h14H,10-13H2,1-9H3. The van der Waals surface area contributed by atoms with Crippen molar-refractivity contribution in [2.45, 2.75) is 98.2 Å². The molecule has 0 spiro atoms.